The van der Waals surface area contributed by atoms with Crippen molar-refractivity contribution in [3.63, 3.8) is 0 Å². The summed E-state index contributed by atoms with van der Waals surface area (Å²) < 4.78 is 4.90. The first-order chi connectivity index (χ1) is 7.75. The van der Waals surface area contributed by atoms with E-state index in [1.165, 1.54) is 5.56 Å². The highest BCUT2D eigenvalue weighted by Crippen LogP contribution is 2.10. The minimum absolute atomic E-state index is 0.281. The van der Waals surface area contributed by atoms with Crippen LogP contribution in [0.3, 0.4) is 0 Å². The molecule has 1 aromatic carbocycles. The van der Waals surface area contributed by atoms with E-state index < -0.39 is 6.10 Å². The summed E-state index contributed by atoms with van der Waals surface area (Å²) in [5, 5.41) is 13.0. The van der Waals surface area contributed by atoms with Crippen molar-refractivity contribution in [2.75, 3.05) is 0 Å². The lowest BCUT2D eigenvalue weighted by molar-refractivity contribution is 0.151. The maximum Gasteiger partial charge on any atom is 0.255 e. The van der Waals surface area contributed by atoms with Gasteiger partial charge in [0.05, 0.1) is 0 Å². The van der Waals surface area contributed by atoms with Crippen molar-refractivity contribution < 1.29 is 9.63 Å². The fourth-order valence-electron chi connectivity index (χ4n) is 1.44. The summed E-state index contributed by atoms with van der Waals surface area (Å²) in [7, 11) is 0. The van der Waals surface area contributed by atoms with E-state index >= 15 is 0 Å². The number of rotatable bonds is 4. The first kappa shape index (κ1) is 10.8. The van der Waals surface area contributed by atoms with Crippen LogP contribution in [0.2, 0.25) is 0 Å². The average molecular weight is 218 g/mol. The van der Waals surface area contributed by atoms with Gasteiger partial charge in [-0.1, -0.05) is 35.5 Å². The SMILES string of the molecule is CC(O)c1nc(CCc2ccccc2)no1. The summed E-state index contributed by atoms with van der Waals surface area (Å²) in [6.45, 7) is 1.61. The lowest BCUT2D eigenvalue weighted by atomic mass is 10.1. The predicted octanol–water partition coefficient (Wildman–Crippen LogP) is 1.91. The monoisotopic (exact) mass is 218 g/mol. The zero-order valence-electron chi connectivity index (χ0n) is 9.13. The highest BCUT2D eigenvalue weighted by molar-refractivity contribution is 5.15. The lowest BCUT2D eigenvalue weighted by Gasteiger charge is -1.96. The molecule has 0 aliphatic heterocycles. The van der Waals surface area contributed by atoms with E-state index in [-0.39, 0.29) is 5.89 Å². The molecule has 0 aliphatic carbocycles. The first-order valence-electron chi connectivity index (χ1n) is 5.30. The highest BCUT2D eigenvalue weighted by Gasteiger charge is 2.10. The van der Waals surface area contributed by atoms with Gasteiger partial charge in [-0.05, 0) is 18.9 Å². The van der Waals surface area contributed by atoms with Crippen molar-refractivity contribution >= 4 is 0 Å². The summed E-state index contributed by atoms with van der Waals surface area (Å²) in [6, 6.07) is 10.1. The molecule has 0 saturated heterocycles. The number of hydrogen-bond acceptors (Lipinski definition) is 4. The molecule has 0 saturated carbocycles. The molecule has 16 heavy (non-hydrogen) atoms. The second-order valence-electron chi connectivity index (χ2n) is 3.71. The average Bonchev–Trinajstić information content (AvgIpc) is 2.76. The number of benzene rings is 1. The molecule has 0 radical (unpaired) electrons. The largest absolute Gasteiger partial charge is 0.384 e. The van der Waals surface area contributed by atoms with E-state index in [1.807, 2.05) is 18.2 Å². The molecular formula is C12H14N2O2. The van der Waals surface area contributed by atoms with Crippen LogP contribution in [-0.2, 0) is 12.8 Å². The van der Waals surface area contributed by atoms with Crippen LogP contribution >= 0.6 is 0 Å². The van der Waals surface area contributed by atoms with Crippen LogP contribution in [0.5, 0.6) is 0 Å². The Bertz CT molecular complexity index is 437. The second-order valence-corrected chi connectivity index (χ2v) is 3.71. The molecule has 1 N–H and O–H groups in total. The van der Waals surface area contributed by atoms with Crippen molar-refractivity contribution in [1.82, 2.24) is 10.1 Å². The number of aryl methyl sites for hydroxylation is 2. The number of nitrogens with zero attached hydrogens (tertiary/aromatic N) is 2. The van der Waals surface area contributed by atoms with Crippen LogP contribution < -0.4 is 0 Å². The third kappa shape index (κ3) is 2.67. The molecule has 1 aromatic heterocycles. The van der Waals surface area contributed by atoms with Gasteiger partial charge in [0.2, 0.25) is 0 Å². The van der Waals surface area contributed by atoms with Gasteiger partial charge in [0.25, 0.3) is 5.89 Å². The summed E-state index contributed by atoms with van der Waals surface area (Å²) >= 11 is 0. The van der Waals surface area contributed by atoms with E-state index in [4.69, 9.17) is 4.52 Å². The zero-order valence-corrected chi connectivity index (χ0v) is 9.13. The smallest absolute Gasteiger partial charge is 0.255 e. The van der Waals surface area contributed by atoms with Crippen LogP contribution in [0.4, 0.5) is 0 Å². The van der Waals surface area contributed by atoms with E-state index in [0.29, 0.717) is 5.82 Å². The number of hydrogen-bond donors (Lipinski definition) is 1. The van der Waals surface area contributed by atoms with E-state index in [2.05, 4.69) is 22.3 Å². The summed E-state index contributed by atoms with van der Waals surface area (Å²) in [6.07, 6.45) is 0.901. The fraction of sp³-hybridized carbons (Fsp3) is 0.333. The molecule has 1 unspecified atom stereocenters. The minimum Gasteiger partial charge on any atom is -0.384 e. The van der Waals surface area contributed by atoms with Gasteiger partial charge in [0, 0.05) is 6.42 Å². The topological polar surface area (TPSA) is 59.2 Å². The molecule has 2 rings (SSSR count). The van der Waals surface area contributed by atoms with Gasteiger partial charge < -0.3 is 9.63 Å². The number of aliphatic hydroxyl groups is 1. The van der Waals surface area contributed by atoms with Gasteiger partial charge in [0.15, 0.2) is 5.82 Å². The first-order valence-corrected chi connectivity index (χ1v) is 5.30. The van der Waals surface area contributed by atoms with E-state index in [1.54, 1.807) is 6.92 Å². The molecule has 84 valence electrons. The molecule has 0 aliphatic rings. The Labute approximate surface area is 93.9 Å². The molecule has 1 atom stereocenters. The Morgan fingerprint density at radius 1 is 1.25 bits per heavy atom. The van der Waals surface area contributed by atoms with Gasteiger partial charge in [0.1, 0.15) is 6.10 Å². The maximum absolute atomic E-state index is 9.23. The molecule has 2 aromatic rings. The molecule has 4 nitrogen and oxygen atoms in total. The fourth-order valence-corrected chi connectivity index (χ4v) is 1.44. The van der Waals surface area contributed by atoms with Gasteiger partial charge >= 0.3 is 0 Å². The summed E-state index contributed by atoms with van der Waals surface area (Å²) in [4.78, 5) is 4.10. The molecule has 0 spiro atoms. The maximum atomic E-state index is 9.23. The van der Waals surface area contributed by atoms with Gasteiger partial charge in [-0.25, -0.2) is 0 Å². The van der Waals surface area contributed by atoms with E-state index in [0.717, 1.165) is 12.8 Å². The van der Waals surface area contributed by atoms with Crippen LogP contribution in [0, 0.1) is 0 Å². The van der Waals surface area contributed by atoms with Crippen LogP contribution in [-0.4, -0.2) is 15.2 Å². The Balaban J connectivity index is 1.95. The van der Waals surface area contributed by atoms with Crippen molar-refractivity contribution in [3.05, 3.63) is 47.6 Å². The second kappa shape index (κ2) is 4.90. The van der Waals surface area contributed by atoms with Gasteiger partial charge in [-0.3, -0.25) is 0 Å². The number of aliphatic hydroxyl groups excluding tert-OH is 1. The lowest BCUT2D eigenvalue weighted by Crippen LogP contribution is -1.95. The standard InChI is InChI=1S/C12H14N2O2/c1-9(15)12-13-11(14-16-12)8-7-10-5-3-2-4-6-10/h2-6,9,15H,7-8H2,1H3. The quantitative estimate of drug-likeness (QED) is 0.851. The third-order valence-corrected chi connectivity index (χ3v) is 2.32. The van der Waals surface area contributed by atoms with Crippen molar-refractivity contribution in [1.29, 1.82) is 0 Å². The molecule has 0 amide bonds. The predicted molar refractivity (Wildman–Crippen MR) is 58.8 cm³/mol. The van der Waals surface area contributed by atoms with Crippen LogP contribution in [0.15, 0.2) is 34.9 Å². The third-order valence-electron chi connectivity index (χ3n) is 2.32. The van der Waals surface area contributed by atoms with Crippen molar-refractivity contribution in [3.8, 4) is 0 Å². The normalized spacial score (nSPS) is 12.6. The van der Waals surface area contributed by atoms with Gasteiger partial charge in [-0.15, -0.1) is 0 Å². The summed E-state index contributed by atoms with van der Waals surface area (Å²) in [5.41, 5.74) is 1.24. The summed E-state index contributed by atoms with van der Waals surface area (Å²) in [5.74, 6) is 0.919. The molecule has 1 heterocycles. The van der Waals surface area contributed by atoms with Crippen molar-refractivity contribution in [2.45, 2.75) is 25.9 Å². The van der Waals surface area contributed by atoms with Crippen LogP contribution in [0.1, 0.15) is 30.3 Å². The van der Waals surface area contributed by atoms with E-state index in [9.17, 15) is 5.11 Å². The Morgan fingerprint density at radius 3 is 2.62 bits per heavy atom. The van der Waals surface area contributed by atoms with Crippen molar-refractivity contribution in [2.24, 2.45) is 0 Å². The molecule has 4 heteroatoms. The Kier molecular flexibility index (Phi) is 3.31. The molecule has 0 fully saturated rings. The van der Waals surface area contributed by atoms with Crippen LogP contribution in [0.25, 0.3) is 0 Å². The van der Waals surface area contributed by atoms with Gasteiger partial charge in [-0.2, -0.15) is 4.98 Å². The zero-order chi connectivity index (χ0) is 11.4. The Hall–Kier alpha value is -1.68. The molecule has 0 bridgehead atoms. The molecular weight excluding hydrogens is 204 g/mol. The highest BCUT2D eigenvalue weighted by atomic mass is 16.5. The Morgan fingerprint density at radius 2 is 2.00 bits per heavy atom. The minimum atomic E-state index is -0.696. The number of aromatic nitrogens is 2.